The maximum absolute atomic E-state index is 14.3. The Morgan fingerprint density at radius 1 is 0.878 bits per heavy atom. The zero-order valence-corrected chi connectivity index (χ0v) is 27.5. The maximum Gasteiger partial charge on any atom is 0.238 e. The number of anilines is 2. The van der Waals surface area contributed by atoms with Crippen LogP contribution in [0.4, 0.5) is 22.7 Å². The molecule has 10 nitrogen and oxygen atoms in total. The van der Waals surface area contributed by atoms with E-state index in [-0.39, 0.29) is 43.0 Å². The Labute approximate surface area is 284 Å². The smallest absolute Gasteiger partial charge is 0.238 e. The fraction of sp³-hybridized carbons (Fsp3) is 0.282. The van der Waals surface area contributed by atoms with Crippen LogP contribution in [0.15, 0.2) is 117 Å². The molecule has 0 spiro atoms. The Bertz CT molecular complexity index is 1990. The molecule has 0 saturated carbocycles. The lowest BCUT2D eigenvalue weighted by atomic mass is 9.59. The van der Waals surface area contributed by atoms with E-state index in [2.05, 4.69) is 10.2 Å². The normalized spacial score (nSPS) is 23.3. The highest BCUT2D eigenvalue weighted by Crippen LogP contribution is 2.56. The number of allylic oxidation sites excluding steroid dienone is 6. The van der Waals surface area contributed by atoms with Gasteiger partial charge in [-0.05, 0) is 86.4 Å². The van der Waals surface area contributed by atoms with Crippen LogP contribution in [-0.2, 0) is 19.2 Å². The fourth-order valence-corrected chi connectivity index (χ4v) is 7.60. The van der Waals surface area contributed by atoms with Crippen LogP contribution in [-0.4, -0.2) is 55.8 Å². The third-order valence-corrected chi connectivity index (χ3v) is 9.90. The number of fused-ring (bicyclic) bond motifs is 3. The number of benzene rings is 3. The van der Waals surface area contributed by atoms with Gasteiger partial charge in [0.25, 0.3) is 0 Å². The molecule has 49 heavy (non-hydrogen) atoms. The topological polar surface area (TPSA) is 129 Å². The van der Waals surface area contributed by atoms with Gasteiger partial charge in [-0.15, -0.1) is 0 Å². The van der Waals surface area contributed by atoms with Crippen molar-refractivity contribution >= 4 is 46.1 Å². The lowest BCUT2D eigenvalue weighted by Crippen LogP contribution is -2.40. The monoisotopic (exact) mass is 656 g/mol. The van der Waals surface area contributed by atoms with Crippen LogP contribution in [0, 0.1) is 17.8 Å². The van der Waals surface area contributed by atoms with E-state index in [4.69, 9.17) is 4.74 Å². The van der Waals surface area contributed by atoms with Gasteiger partial charge in [0.2, 0.25) is 11.8 Å². The highest BCUT2D eigenvalue weighted by molar-refractivity contribution is 6.25. The van der Waals surface area contributed by atoms with Crippen molar-refractivity contribution in [3.8, 4) is 5.75 Å². The van der Waals surface area contributed by atoms with Gasteiger partial charge in [-0.25, -0.2) is 0 Å². The van der Waals surface area contributed by atoms with Crippen molar-refractivity contribution in [3.63, 3.8) is 0 Å². The zero-order chi connectivity index (χ0) is 34.4. The number of rotatable bonds is 8. The highest BCUT2D eigenvalue weighted by Gasteiger charge is 2.56. The van der Waals surface area contributed by atoms with Crippen molar-refractivity contribution in [2.45, 2.75) is 25.7 Å². The number of amides is 2. The van der Waals surface area contributed by atoms with Crippen molar-refractivity contribution in [2.75, 3.05) is 37.1 Å². The third kappa shape index (κ3) is 5.61. The van der Waals surface area contributed by atoms with E-state index in [0.29, 0.717) is 51.5 Å². The molecule has 1 heterocycles. The molecule has 4 atom stereocenters. The number of carbonyl (C=O) groups is 4. The molecule has 2 amide bonds. The minimum atomic E-state index is -0.701. The predicted molar refractivity (Wildman–Crippen MR) is 184 cm³/mol. The molecule has 1 saturated heterocycles. The number of nitrogens with zero attached hydrogens (tertiary/aromatic N) is 4. The van der Waals surface area contributed by atoms with Crippen LogP contribution in [0.5, 0.6) is 5.75 Å². The Morgan fingerprint density at radius 3 is 2.22 bits per heavy atom. The fourth-order valence-electron chi connectivity index (χ4n) is 7.60. The Hall–Kier alpha value is -5.48. The van der Waals surface area contributed by atoms with Crippen LogP contribution >= 0.6 is 0 Å². The van der Waals surface area contributed by atoms with E-state index in [1.54, 1.807) is 43.3 Å². The summed E-state index contributed by atoms with van der Waals surface area (Å²) in [6.45, 7) is 1.49. The molecule has 0 bridgehead atoms. The molecule has 3 aromatic carbocycles. The molecule has 10 heteroatoms. The molecular weight excluding hydrogens is 620 g/mol. The number of para-hydroxylation sites is 1. The molecule has 3 aromatic rings. The first-order valence-electron chi connectivity index (χ1n) is 16.4. The number of hydrogen-bond acceptors (Lipinski definition) is 9. The van der Waals surface area contributed by atoms with E-state index >= 15 is 0 Å². The van der Waals surface area contributed by atoms with Crippen molar-refractivity contribution in [3.05, 3.63) is 113 Å². The van der Waals surface area contributed by atoms with Gasteiger partial charge in [-0.3, -0.25) is 24.1 Å². The summed E-state index contributed by atoms with van der Waals surface area (Å²) in [5.41, 5.74) is 5.41. The summed E-state index contributed by atoms with van der Waals surface area (Å²) in [4.78, 5) is 58.7. The summed E-state index contributed by atoms with van der Waals surface area (Å²) in [7, 11) is 3.93. The van der Waals surface area contributed by atoms with Gasteiger partial charge in [-0.1, -0.05) is 29.8 Å². The summed E-state index contributed by atoms with van der Waals surface area (Å²) in [5, 5.41) is 18.1. The molecule has 1 fully saturated rings. The second kappa shape index (κ2) is 12.9. The molecule has 1 N–H and O–H groups in total. The first-order chi connectivity index (χ1) is 23.7. The molecule has 1 aliphatic heterocycles. The largest absolute Gasteiger partial charge is 0.491 e. The van der Waals surface area contributed by atoms with Crippen molar-refractivity contribution < 1.29 is 29.0 Å². The van der Waals surface area contributed by atoms with Gasteiger partial charge in [0.05, 0.1) is 35.5 Å². The van der Waals surface area contributed by atoms with E-state index in [0.717, 1.165) is 11.3 Å². The van der Waals surface area contributed by atoms with Crippen LogP contribution in [0.25, 0.3) is 0 Å². The SMILES string of the molecule is CC1=CC(=O)C2=C(CC3C(=CCC4C(=O)N(c5ccc(N=Nc6ccc(N(C)C)cc6)cc5)C(=O)C43)C2c2ccccc2OCCO)C1=O. The Morgan fingerprint density at radius 2 is 1.55 bits per heavy atom. The quantitative estimate of drug-likeness (QED) is 0.133. The lowest BCUT2D eigenvalue weighted by molar-refractivity contribution is -0.123. The van der Waals surface area contributed by atoms with Gasteiger partial charge in [-0.2, -0.15) is 10.2 Å². The van der Waals surface area contributed by atoms with Gasteiger partial charge < -0.3 is 14.7 Å². The lowest BCUT2D eigenvalue weighted by Gasteiger charge is -2.42. The summed E-state index contributed by atoms with van der Waals surface area (Å²) in [6.07, 6.45) is 3.88. The second-order valence-electron chi connectivity index (χ2n) is 13.0. The van der Waals surface area contributed by atoms with Crippen LogP contribution in [0.3, 0.4) is 0 Å². The zero-order valence-electron chi connectivity index (χ0n) is 27.5. The predicted octanol–water partition coefficient (Wildman–Crippen LogP) is 6.17. The third-order valence-electron chi connectivity index (χ3n) is 9.90. The molecule has 248 valence electrons. The number of aliphatic hydroxyl groups excluding tert-OH is 1. The number of imide groups is 1. The van der Waals surface area contributed by atoms with E-state index < -0.39 is 23.7 Å². The molecule has 0 aromatic heterocycles. The van der Waals surface area contributed by atoms with Gasteiger partial charge in [0.1, 0.15) is 12.4 Å². The summed E-state index contributed by atoms with van der Waals surface area (Å²) in [6, 6.07) is 21.8. The van der Waals surface area contributed by atoms with E-state index in [1.807, 2.05) is 61.5 Å². The van der Waals surface area contributed by atoms with Crippen LogP contribution in [0.2, 0.25) is 0 Å². The number of ketones is 2. The molecule has 4 unspecified atom stereocenters. The van der Waals surface area contributed by atoms with Crippen LogP contribution < -0.4 is 14.5 Å². The number of Topliss-reactive ketones (excluding diaryl/α,β-unsaturated/α-hetero) is 1. The molecular formula is C39H36N4O6. The maximum atomic E-state index is 14.3. The Kier molecular flexibility index (Phi) is 8.42. The van der Waals surface area contributed by atoms with E-state index in [1.165, 1.54) is 11.0 Å². The van der Waals surface area contributed by atoms with E-state index in [9.17, 15) is 24.3 Å². The average Bonchev–Trinajstić information content (AvgIpc) is 3.37. The summed E-state index contributed by atoms with van der Waals surface area (Å²) < 4.78 is 5.89. The number of aliphatic hydroxyl groups is 1. The van der Waals surface area contributed by atoms with Gasteiger partial charge in [0, 0.05) is 48.0 Å². The highest BCUT2D eigenvalue weighted by atomic mass is 16.5. The second-order valence-corrected chi connectivity index (χ2v) is 13.0. The minimum Gasteiger partial charge on any atom is -0.491 e. The summed E-state index contributed by atoms with van der Waals surface area (Å²) in [5.74, 6) is -2.98. The Balaban J connectivity index is 1.20. The number of carbonyl (C=O) groups excluding carboxylic acids is 4. The van der Waals surface area contributed by atoms with Crippen molar-refractivity contribution in [1.82, 2.24) is 0 Å². The summed E-state index contributed by atoms with van der Waals surface area (Å²) >= 11 is 0. The van der Waals surface area contributed by atoms with Crippen molar-refractivity contribution in [2.24, 2.45) is 28.0 Å². The van der Waals surface area contributed by atoms with Gasteiger partial charge >= 0.3 is 0 Å². The standard InChI is InChI=1S/C39H36N4O6/c1-22-20-32(45)36-31(37(22)46)21-30-27(34(36)28-6-4-5-7-33(28)49-19-18-44)16-17-29-35(30)39(48)43(38(29)47)26-14-10-24(11-15-26)41-40-23-8-12-25(13-9-23)42(2)3/h4-16,20,29-30,34-35,44H,17-19,21H2,1-3H3. The number of azo groups is 1. The molecule has 7 rings (SSSR count). The van der Waals surface area contributed by atoms with Crippen LogP contribution in [0.1, 0.15) is 31.2 Å². The number of hydrogen-bond donors (Lipinski definition) is 1. The minimum absolute atomic E-state index is 0.0562. The first kappa shape index (κ1) is 32.1. The molecule has 4 aliphatic rings. The van der Waals surface area contributed by atoms with Crippen molar-refractivity contribution in [1.29, 1.82) is 0 Å². The first-order valence-corrected chi connectivity index (χ1v) is 16.4. The number of ether oxygens (including phenoxy) is 1. The molecule has 3 aliphatic carbocycles. The van der Waals surface area contributed by atoms with Gasteiger partial charge in [0.15, 0.2) is 11.6 Å². The average molecular weight is 657 g/mol. The molecule has 0 radical (unpaired) electrons.